The molecule has 1 heterocycles. The lowest BCUT2D eigenvalue weighted by atomic mass is 9.95. The number of anilines is 2. The van der Waals surface area contributed by atoms with Crippen molar-refractivity contribution in [3.63, 3.8) is 0 Å². The van der Waals surface area contributed by atoms with E-state index in [1.54, 1.807) is 12.1 Å². The van der Waals surface area contributed by atoms with Gasteiger partial charge in [0.2, 0.25) is 0 Å². The second-order valence-corrected chi connectivity index (χ2v) is 6.12. The maximum atomic E-state index is 11.3. The molecule has 4 N–H and O–H groups in total. The number of ether oxygens (including phenoxy) is 1. The summed E-state index contributed by atoms with van der Waals surface area (Å²) in [6.07, 6.45) is 2.46. The van der Waals surface area contributed by atoms with Crippen LogP contribution in [-0.2, 0) is 4.74 Å². The maximum Gasteiger partial charge on any atom is 0.337 e. The fraction of sp³-hybridized carbons (Fsp3) is 0.316. The molecule has 1 atom stereocenters. The first-order chi connectivity index (χ1) is 11.6. The Morgan fingerprint density at radius 1 is 1.38 bits per heavy atom. The summed E-state index contributed by atoms with van der Waals surface area (Å²) in [5.74, 6) is -1.01. The molecule has 1 saturated heterocycles. The number of nitrogen functional groups attached to an aromatic ring is 1. The lowest BCUT2D eigenvalue weighted by molar-refractivity contribution is 0.0698. The van der Waals surface area contributed by atoms with E-state index in [0.29, 0.717) is 5.69 Å². The minimum atomic E-state index is -1.01. The summed E-state index contributed by atoms with van der Waals surface area (Å²) in [4.78, 5) is 11.3. The van der Waals surface area contributed by atoms with Crippen LogP contribution in [0.25, 0.3) is 11.1 Å². The van der Waals surface area contributed by atoms with Crippen LogP contribution in [0.2, 0.25) is 0 Å². The number of hydrogen-bond donors (Lipinski definition) is 3. The lowest BCUT2D eigenvalue weighted by Crippen LogP contribution is -2.18. The van der Waals surface area contributed by atoms with E-state index < -0.39 is 5.97 Å². The summed E-state index contributed by atoms with van der Waals surface area (Å²) < 4.78 is 5.62. The summed E-state index contributed by atoms with van der Waals surface area (Å²) in [5, 5.41) is 12.7. The molecule has 1 unspecified atom stereocenters. The Bertz CT molecular complexity index is 752. The van der Waals surface area contributed by atoms with Gasteiger partial charge in [-0.25, -0.2) is 4.79 Å². The number of benzene rings is 2. The molecule has 0 radical (unpaired) electrons. The number of aromatic carboxylic acids is 1. The Hall–Kier alpha value is -2.53. The molecule has 0 aromatic heterocycles. The van der Waals surface area contributed by atoms with Crippen LogP contribution < -0.4 is 11.1 Å². The molecule has 0 bridgehead atoms. The quantitative estimate of drug-likeness (QED) is 0.732. The van der Waals surface area contributed by atoms with Gasteiger partial charge in [0.15, 0.2) is 0 Å². The number of carboxylic acids is 1. The van der Waals surface area contributed by atoms with Crippen LogP contribution in [0.3, 0.4) is 0 Å². The van der Waals surface area contributed by atoms with Crippen molar-refractivity contribution in [2.45, 2.75) is 25.9 Å². The van der Waals surface area contributed by atoms with Crippen LogP contribution in [0, 0.1) is 6.92 Å². The number of hydrogen-bond acceptors (Lipinski definition) is 4. The largest absolute Gasteiger partial charge is 0.478 e. The summed E-state index contributed by atoms with van der Waals surface area (Å²) in [7, 11) is 0. The van der Waals surface area contributed by atoms with Crippen molar-refractivity contribution in [2.75, 3.05) is 24.2 Å². The van der Waals surface area contributed by atoms with Gasteiger partial charge in [-0.2, -0.15) is 0 Å². The number of rotatable bonds is 5. The van der Waals surface area contributed by atoms with Crippen LogP contribution in [0.4, 0.5) is 11.4 Å². The van der Waals surface area contributed by atoms with E-state index in [0.717, 1.165) is 48.4 Å². The number of nitrogens with one attached hydrogen (secondary N) is 1. The van der Waals surface area contributed by atoms with Crippen molar-refractivity contribution >= 4 is 17.3 Å². The Labute approximate surface area is 141 Å². The predicted octanol–water partition coefficient (Wildman–Crippen LogP) is 3.53. The molecule has 0 saturated carbocycles. The molecular formula is C19H22N2O3. The first-order valence-corrected chi connectivity index (χ1v) is 8.14. The van der Waals surface area contributed by atoms with Gasteiger partial charge in [0.25, 0.3) is 0 Å². The topological polar surface area (TPSA) is 84.6 Å². The van der Waals surface area contributed by atoms with Crippen molar-refractivity contribution in [3.8, 4) is 11.1 Å². The molecular weight excluding hydrogens is 304 g/mol. The SMILES string of the molecule is Cc1ccc(C(=O)O)c(N)c1-c1cccc(NCC2CCCO2)c1. The Balaban J connectivity index is 1.88. The number of carbonyl (C=O) groups is 1. The van der Waals surface area contributed by atoms with Gasteiger partial charge < -0.3 is 20.9 Å². The van der Waals surface area contributed by atoms with E-state index in [2.05, 4.69) is 5.32 Å². The molecule has 1 aliphatic heterocycles. The summed E-state index contributed by atoms with van der Waals surface area (Å²) in [6.45, 7) is 3.54. The summed E-state index contributed by atoms with van der Waals surface area (Å²) in [5.41, 5.74) is 10.2. The van der Waals surface area contributed by atoms with Gasteiger partial charge in [-0.1, -0.05) is 18.2 Å². The van der Waals surface area contributed by atoms with Crippen molar-refractivity contribution in [3.05, 3.63) is 47.5 Å². The van der Waals surface area contributed by atoms with Gasteiger partial charge in [0, 0.05) is 24.4 Å². The van der Waals surface area contributed by atoms with Crippen LogP contribution in [-0.4, -0.2) is 30.3 Å². The van der Waals surface area contributed by atoms with Gasteiger partial charge in [0.05, 0.1) is 17.4 Å². The minimum absolute atomic E-state index is 0.133. The first-order valence-electron chi connectivity index (χ1n) is 8.14. The Morgan fingerprint density at radius 3 is 2.92 bits per heavy atom. The summed E-state index contributed by atoms with van der Waals surface area (Å²) in [6, 6.07) is 11.2. The van der Waals surface area contributed by atoms with Gasteiger partial charge in [-0.05, 0) is 49.1 Å². The highest BCUT2D eigenvalue weighted by Crippen LogP contribution is 2.33. The highest BCUT2D eigenvalue weighted by Gasteiger charge is 2.17. The molecule has 24 heavy (non-hydrogen) atoms. The van der Waals surface area contributed by atoms with Crippen molar-refractivity contribution < 1.29 is 14.6 Å². The zero-order valence-corrected chi connectivity index (χ0v) is 13.7. The van der Waals surface area contributed by atoms with E-state index in [1.807, 2.05) is 31.2 Å². The zero-order valence-electron chi connectivity index (χ0n) is 13.7. The number of aryl methyl sites for hydroxylation is 1. The van der Waals surface area contributed by atoms with Crippen molar-refractivity contribution in [2.24, 2.45) is 0 Å². The third kappa shape index (κ3) is 3.36. The van der Waals surface area contributed by atoms with E-state index in [4.69, 9.17) is 10.5 Å². The summed E-state index contributed by atoms with van der Waals surface area (Å²) >= 11 is 0. The highest BCUT2D eigenvalue weighted by molar-refractivity contribution is 5.99. The smallest absolute Gasteiger partial charge is 0.337 e. The average Bonchev–Trinajstić information content (AvgIpc) is 3.06. The van der Waals surface area contributed by atoms with E-state index in [-0.39, 0.29) is 11.7 Å². The van der Waals surface area contributed by atoms with E-state index >= 15 is 0 Å². The van der Waals surface area contributed by atoms with Crippen molar-refractivity contribution in [1.82, 2.24) is 0 Å². The van der Waals surface area contributed by atoms with Crippen LogP contribution in [0.5, 0.6) is 0 Å². The number of nitrogens with two attached hydrogens (primary N) is 1. The fourth-order valence-electron chi connectivity index (χ4n) is 3.12. The van der Waals surface area contributed by atoms with E-state index in [9.17, 15) is 9.90 Å². The van der Waals surface area contributed by atoms with E-state index in [1.165, 1.54) is 0 Å². The zero-order chi connectivity index (χ0) is 17.1. The van der Waals surface area contributed by atoms with Crippen LogP contribution in [0.1, 0.15) is 28.8 Å². The Kier molecular flexibility index (Phi) is 4.71. The standard InChI is InChI=1S/C19H22N2O3/c1-12-7-8-16(19(22)23)18(20)17(12)13-4-2-5-14(10-13)21-11-15-6-3-9-24-15/h2,4-5,7-8,10,15,21H,3,6,9,11,20H2,1H3,(H,22,23). The van der Waals surface area contributed by atoms with Crippen LogP contribution in [0.15, 0.2) is 36.4 Å². The predicted molar refractivity (Wildman–Crippen MR) is 95.5 cm³/mol. The van der Waals surface area contributed by atoms with Gasteiger partial charge in [-0.3, -0.25) is 0 Å². The van der Waals surface area contributed by atoms with Crippen LogP contribution >= 0.6 is 0 Å². The second-order valence-electron chi connectivity index (χ2n) is 6.12. The lowest BCUT2D eigenvalue weighted by Gasteiger charge is -2.15. The molecule has 0 spiro atoms. The Morgan fingerprint density at radius 2 is 2.21 bits per heavy atom. The highest BCUT2D eigenvalue weighted by atomic mass is 16.5. The average molecular weight is 326 g/mol. The molecule has 0 aliphatic carbocycles. The molecule has 0 amide bonds. The first kappa shape index (κ1) is 16.3. The fourth-order valence-corrected chi connectivity index (χ4v) is 3.12. The molecule has 5 heteroatoms. The van der Waals surface area contributed by atoms with Gasteiger partial charge >= 0.3 is 5.97 Å². The third-order valence-electron chi connectivity index (χ3n) is 4.39. The number of carboxylic acid groups (broad SMARTS) is 1. The normalized spacial score (nSPS) is 17.0. The molecule has 2 aromatic carbocycles. The molecule has 3 rings (SSSR count). The monoisotopic (exact) mass is 326 g/mol. The van der Waals surface area contributed by atoms with Crippen molar-refractivity contribution in [1.29, 1.82) is 0 Å². The third-order valence-corrected chi connectivity index (χ3v) is 4.39. The molecule has 1 aliphatic rings. The van der Waals surface area contributed by atoms with Gasteiger partial charge in [-0.15, -0.1) is 0 Å². The maximum absolute atomic E-state index is 11.3. The molecule has 2 aromatic rings. The second kappa shape index (κ2) is 6.93. The molecule has 1 fully saturated rings. The molecule has 5 nitrogen and oxygen atoms in total. The molecule has 126 valence electrons. The van der Waals surface area contributed by atoms with Gasteiger partial charge in [0.1, 0.15) is 0 Å². The minimum Gasteiger partial charge on any atom is -0.478 e.